The quantitative estimate of drug-likeness (QED) is 0.0427. The molecule has 28 heteroatoms. The predicted molar refractivity (Wildman–Crippen MR) is 215 cm³/mol. The van der Waals surface area contributed by atoms with Crippen LogP contribution in [0.4, 0.5) is 0 Å². The van der Waals surface area contributed by atoms with Gasteiger partial charge in [0.2, 0.25) is 41.4 Å². The molecule has 1 unspecified atom stereocenters. The Hall–Kier alpha value is -5.01. The number of rotatable bonds is 24. The molecule has 0 aromatic rings. The van der Waals surface area contributed by atoms with E-state index in [1.54, 1.807) is 0 Å². The number of carboxylic acid groups (broad SMARTS) is 2. The molecule has 2 heterocycles. The van der Waals surface area contributed by atoms with Gasteiger partial charge in [0.05, 0.1) is 19.3 Å². The summed E-state index contributed by atoms with van der Waals surface area (Å²) in [6, 6.07) is -10.0. The van der Waals surface area contributed by atoms with Crippen molar-refractivity contribution in [2.24, 2.45) is 11.5 Å². The number of amides is 7. The Labute approximate surface area is 371 Å². The Morgan fingerprint density at radius 3 is 1.80 bits per heavy atom. The second-order valence-corrected chi connectivity index (χ2v) is 15.6. The number of hydrogen-bond donors (Lipinski definition) is 15. The highest BCUT2D eigenvalue weighted by Gasteiger charge is 2.53. The molecular formula is C37H62N8O20. The van der Waals surface area contributed by atoms with Gasteiger partial charge in [0.15, 0.2) is 12.6 Å². The number of hydrogen-bond acceptors (Lipinski definition) is 20. The molecule has 0 aromatic heterocycles. The van der Waals surface area contributed by atoms with Gasteiger partial charge in [-0.2, -0.15) is 0 Å². The number of carbonyl (C=O) groups is 9. The lowest BCUT2D eigenvalue weighted by Gasteiger charge is -2.48. The van der Waals surface area contributed by atoms with E-state index in [1.807, 2.05) is 5.32 Å². The summed E-state index contributed by atoms with van der Waals surface area (Å²) >= 11 is 0. The lowest BCUT2D eigenvalue weighted by Crippen LogP contribution is -2.70. The first-order valence-corrected chi connectivity index (χ1v) is 20.5. The standard InChI is InChI=1S/C37H62N8O20/c1-13(38)30(53)45-33(56)19(8-6-7-18(39)34(57)58)43-23(50)10-9-20(35(59)60)44-31(54)14(2)40-32(55)15(3)62-29-25(42-17(5)49)36(61)63-22(12-47)28(29)65-37-24(41-16(4)48)27(52)26(51)21(11-46)64-37/h13-15,18-22,24-29,36-37,46-47,51-52,61H,6-12,38-39H2,1-5H3,(H,40,55)(H,41,48)(H,42,49)(H,43,50)(H,44,54)(H,57,58)(H,59,60)(H,45,53,56)/t13-,14+,15?,18-,19+,20-,21-,22-,24-,25-,26-,27-,28-,29-,36-,37+/m1/s1. The van der Waals surface area contributed by atoms with Crippen molar-refractivity contribution < 1.29 is 97.8 Å². The normalized spacial score (nSPS) is 28.1. The first-order valence-electron chi connectivity index (χ1n) is 20.5. The zero-order chi connectivity index (χ0) is 49.5. The minimum absolute atomic E-state index is 0.0160. The van der Waals surface area contributed by atoms with Crippen LogP contribution in [0.5, 0.6) is 0 Å². The van der Waals surface area contributed by atoms with Crippen LogP contribution in [0.15, 0.2) is 0 Å². The highest BCUT2D eigenvalue weighted by atomic mass is 16.7. The summed E-state index contributed by atoms with van der Waals surface area (Å²) in [5, 5.41) is 84.5. The summed E-state index contributed by atoms with van der Waals surface area (Å²) in [4.78, 5) is 112. The van der Waals surface area contributed by atoms with Crippen LogP contribution >= 0.6 is 0 Å². The summed E-state index contributed by atoms with van der Waals surface area (Å²) in [6.45, 7) is 4.07. The average Bonchev–Trinajstić information content (AvgIpc) is 3.22. The van der Waals surface area contributed by atoms with Gasteiger partial charge in [-0.3, -0.25) is 43.7 Å². The van der Waals surface area contributed by atoms with E-state index in [2.05, 4.69) is 26.6 Å². The molecule has 65 heavy (non-hydrogen) atoms. The fourth-order valence-corrected chi connectivity index (χ4v) is 6.57. The van der Waals surface area contributed by atoms with Crippen molar-refractivity contribution in [3.05, 3.63) is 0 Å². The van der Waals surface area contributed by atoms with Crippen LogP contribution in [0, 0.1) is 0 Å². The molecule has 28 nitrogen and oxygen atoms in total. The number of aliphatic hydroxyl groups excluding tert-OH is 5. The molecule has 0 aromatic carbocycles. The van der Waals surface area contributed by atoms with Crippen molar-refractivity contribution in [3.8, 4) is 0 Å². The van der Waals surface area contributed by atoms with Crippen LogP contribution in [0.25, 0.3) is 0 Å². The van der Waals surface area contributed by atoms with Gasteiger partial charge in [0.25, 0.3) is 0 Å². The minimum atomic E-state index is -1.90. The molecular weight excluding hydrogens is 876 g/mol. The molecule has 2 rings (SSSR count). The van der Waals surface area contributed by atoms with Crippen molar-refractivity contribution in [2.45, 2.75) is 164 Å². The number of ether oxygens (including phenoxy) is 4. The fraction of sp³-hybridized carbons (Fsp3) is 0.757. The summed E-state index contributed by atoms with van der Waals surface area (Å²) < 4.78 is 23.1. The Morgan fingerprint density at radius 1 is 0.662 bits per heavy atom. The molecule has 16 atom stereocenters. The molecule has 7 amide bonds. The highest BCUT2D eigenvalue weighted by Crippen LogP contribution is 2.31. The van der Waals surface area contributed by atoms with Crippen molar-refractivity contribution in [2.75, 3.05) is 13.2 Å². The molecule has 0 aliphatic carbocycles. The van der Waals surface area contributed by atoms with Gasteiger partial charge in [-0.15, -0.1) is 0 Å². The summed E-state index contributed by atoms with van der Waals surface area (Å²) in [6.07, 6.45) is -16.3. The number of imide groups is 1. The van der Waals surface area contributed by atoms with Crippen LogP contribution in [-0.4, -0.2) is 200 Å². The van der Waals surface area contributed by atoms with Crippen LogP contribution in [0.2, 0.25) is 0 Å². The Morgan fingerprint density at radius 2 is 1.26 bits per heavy atom. The number of nitrogens with two attached hydrogens (primary N) is 2. The lowest BCUT2D eigenvalue weighted by atomic mass is 9.94. The minimum Gasteiger partial charge on any atom is -0.480 e. The van der Waals surface area contributed by atoms with E-state index >= 15 is 0 Å². The molecule has 370 valence electrons. The molecule has 0 bridgehead atoms. The second-order valence-electron chi connectivity index (χ2n) is 15.6. The van der Waals surface area contributed by atoms with E-state index in [-0.39, 0.29) is 19.3 Å². The number of carboxylic acids is 2. The van der Waals surface area contributed by atoms with E-state index in [4.69, 9.17) is 35.5 Å². The molecule has 0 saturated carbocycles. The SMILES string of the molecule is CC(=O)N[C@@H]1[C@@H](OC(C)C(=O)N[C@@H](C)C(=O)N[C@H](CCC(=O)N[C@@H](CCC[C@@H](N)C(=O)O)C(=O)NC(=O)[C@@H](C)N)C(=O)O)[C@H](O[C@@H]2O[C@H](CO)[C@@H](O)[C@H](O)[C@H]2NC(C)=O)[C@@H](CO)O[C@H]1O. The zero-order valence-electron chi connectivity index (χ0n) is 36.3. The Balaban J connectivity index is 2.21. The predicted octanol–water partition coefficient (Wildman–Crippen LogP) is -7.79. The third-order valence-electron chi connectivity index (χ3n) is 10.2. The van der Waals surface area contributed by atoms with Crippen LogP contribution < -0.4 is 43.4 Å². The van der Waals surface area contributed by atoms with Crippen molar-refractivity contribution in [1.82, 2.24) is 31.9 Å². The molecule has 0 spiro atoms. The van der Waals surface area contributed by atoms with Crippen LogP contribution in [-0.2, 0) is 62.1 Å². The fourth-order valence-electron chi connectivity index (χ4n) is 6.57. The Bertz CT molecular complexity index is 1690. The monoisotopic (exact) mass is 938 g/mol. The molecule has 2 aliphatic heterocycles. The number of aliphatic hydroxyl groups is 5. The van der Waals surface area contributed by atoms with Crippen molar-refractivity contribution in [1.29, 1.82) is 0 Å². The molecule has 17 N–H and O–H groups in total. The van der Waals surface area contributed by atoms with Crippen molar-refractivity contribution >= 4 is 53.3 Å². The second kappa shape index (κ2) is 26.2. The lowest BCUT2D eigenvalue weighted by molar-refractivity contribution is -0.333. The summed E-state index contributed by atoms with van der Waals surface area (Å²) in [7, 11) is 0. The van der Waals surface area contributed by atoms with Crippen LogP contribution in [0.1, 0.15) is 66.7 Å². The van der Waals surface area contributed by atoms with Gasteiger partial charge in [-0.05, 0) is 46.5 Å². The van der Waals surface area contributed by atoms with E-state index in [0.717, 1.165) is 13.8 Å². The summed E-state index contributed by atoms with van der Waals surface area (Å²) in [5.41, 5.74) is 11.0. The number of aliphatic carboxylic acids is 2. The summed E-state index contributed by atoms with van der Waals surface area (Å²) in [5.74, 6) is -9.17. The van der Waals surface area contributed by atoms with Gasteiger partial charge < -0.3 is 92.7 Å². The van der Waals surface area contributed by atoms with E-state index in [0.29, 0.717) is 0 Å². The van der Waals surface area contributed by atoms with E-state index in [1.165, 1.54) is 20.8 Å². The van der Waals surface area contributed by atoms with Gasteiger partial charge in [-0.25, -0.2) is 4.79 Å². The topological polar surface area (TPSA) is 456 Å². The molecule has 2 saturated heterocycles. The zero-order valence-corrected chi connectivity index (χ0v) is 36.3. The number of nitrogens with one attached hydrogen (secondary N) is 6. The van der Waals surface area contributed by atoms with Gasteiger partial charge in [0, 0.05) is 20.3 Å². The maximum atomic E-state index is 13.5. The maximum absolute atomic E-state index is 13.5. The van der Waals surface area contributed by atoms with E-state index in [9.17, 15) is 73.8 Å². The molecule has 0 radical (unpaired) electrons. The first kappa shape index (κ1) is 56.1. The number of carbonyl (C=O) groups excluding carboxylic acids is 7. The van der Waals surface area contributed by atoms with Gasteiger partial charge in [0.1, 0.15) is 79.0 Å². The third-order valence-corrected chi connectivity index (χ3v) is 10.2. The first-order chi connectivity index (χ1) is 30.3. The van der Waals surface area contributed by atoms with Gasteiger partial charge >= 0.3 is 11.9 Å². The highest BCUT2D eigenvalue weighted by molar-refractivity contribution is 6.01. The smallest absolute Gasteiger partial charge is 0.326 e. The Kier molecular flexibility index (Phi) is 22.6. The van der Waals surface area contributed by atoms with Crippen molar-refractivity contribution in [3.63, 3.8) is 0 Å². The largest absolute Gasteiger partial charge is 0.480 e. The molecule has 2 fully saturated rings. The van der Waals surface area contributed by atoms with Crippen LogP contribution in [0.3, 0.4) is 0 Å². The molecule has 2 aliphatic rings. The van der Waals surface area contributed by atoms with Gasteiger partial charge in [-0.1, -0.05) is 0 Å². The van der Waals surface area contributed by atoms with E-state index < -0.39 is 177 Å². The average molecular weight is 939 g/mol. The maximum Gasteiger partial charge on any atom is 0.326 e. The third kappa shape index (κ3) is 17.1.